The molecule has 1 heterocycles. The fourth-order valence-corrected chi connectivity index (χ4v) is 2.49. The molecule has 0 amide bonds. The number of nitrogens with zero attached hydrogens (tertiary/aromatic N) is 1. The van der Waals surface area contributed by atoms with Gasteiger partial charge in [0.25, 0.3) is 0 Å². The van der Waals surface area contributed by atoms with Gasteiger partial charge in [-0.15, -0.1) is 12.4 Å². The number of nitrogens with two attached hydrogens (primary N) is 1. The zero-order valence-electron chi connectivity index (χ0n) is 11.3. The number of rotatable bonds is 2. The Balaban J connectivity index is 0.00000176. The van der Waals surface area contributed by atoms with Crippen LogP contribution in [0.3, 0.4) is 0 Å². The highest BCUT2D eigenvalue weighted by atomic mass is 35.5. The summed E-state index contributed by atoms with van der Waals surface area (Å²) >= 11 is 5.99. The zero-order chi connectivity index (χ0) is 15.2. The molecule has 0 bridgehead atoms. The Labute approximate surface area is 136 Å². The van der Waals surface area contributed by atoms with Crippen molar-refractivity contribution >= 4 is 24.0 Å². The van der Waals surface area contributed by atoms with Crippen molar-refractivity contribution in [2.75, 3.05) is 0 Å². The topological polar surface area (TPSA) is 38.9 Å². The molecule has 1 saturated carbocycles. The van der Waals surface area contributed by atoms with Crippen molar-refractivity contribution in [3.05, 3.63) is 52.7 Å². The van der Waals surface area contributed by atoms with Crippen molar-refractivity contribution in [2.45, 2.75) is 24.6 Å². The number of hydrogen-bond acceptors (Lipinski definition) is 2. The van der Waals surface area contributed by atoms with E-state index in [9.17, 15) is 13.2 Å². The Morgan fingerprint density at radius 2 is 1.86 bits per heavy atom. The Bertz CT molecular complexity index is 671. The molecule has 22 heavy (non-hydrogen) atoms. The molecule has 1 aromatic carbocycles. The summed E-state index contributed by atoms with van der Waals surface area (Å²) in [5.74, 6) is 0.309. The second kappa shape index (κ2) is 6.07. The average Bonchev–Trinajstić information content (AvgIpc) is 3.15. The lowest BCUT2D eigenvalue weighted by Crippen LogP contribution is -2.05. The van der Waals surface area contributed by atoms with Crippen LogP contribution in [0.4, 0.5) is 13.2 Å². The Kier molecular flexibility index (Phi) is 4.70. The number of pyridine rings is 1. The molecule has 1 aliphatic rings. The molecular weight excluding hydrogens is 336 g/mol. The summed E-state index contributed by atoms with van der Waals surface area (Å²) < 4.78 is 38.3. The van der Waals surface area contributed by atoms with E-state index in [2.05, 4.69) is 4.98 Å². The summed E-state index contributed by atoms with van der Waals surface area (Å²) in [7, 11) is 0. The van der Waals surface area contributed by atoms with E-state index >= 15 is 0 Å². The summed E-state index contributed by atoms with van der Waals surface area (Å²) in [6, 6.07) is 6.91. The summed E-state index contributed by atoms with van der Waals surface area (Å²) in [4.78, 5) is 4.22. The van der Waals surface area contributed by atoms with Crippen LogP contribution >= 0.6 is 24.0 Å². The molecule has 0 unspecified atom stereocenters. The summed E-state index contributed by atoms with van der Waals surface area (Å²) in [5, 5.41) is 0.242. The molecule has 1 aliphatic carbocycles. The molecule has 2 aromatic rings. The number of alkyl halides is 3. The zero-order valence-corrected chi connectivity index (χ0v) is 12.8. The highest BCUT2D eigenvalue weighted by Gasteiger charge is 2.35. The maximum atomic E-state index is 12.8. The minimum absolute atomic E-state index is 0. The van der Waals surface area contributed by atoms with Gasteiger partial charge in [0.05, 0.1) is 11.3 Å². The number of benzene rings is 1. The number of aromatic nitrogens is 1. The van der Waals surface area contributed by atoms with E-state index in [1.807, 2.05) is 6.07 Å². The van der Waals surface area contributed by atoms with Crippen LogP contribution in [0.2, 0.25) is 5.02 Å². The van der Waals surface area contributed by atoms with Gasteiger partial charge in [-0.3, -0.25) is 4.98 Å². The second-order valence-electron chi connectivity index (χ2n) is 5.18. The monoisotopic (exact) mass is 348 g/mol. The van der Waals surface area contributed by atoms with Crippen LogP contribution in [-0.4, -0.2) is 11.0 Å². The molecular formula is C15H13Cl2F3N2. The first-order valence-corrected chi connectivity index (χ1v) is 6.82. The first-order valence-electron chi connectivity index (χ1n) is 6.45. The first kappa shape index (κ1) is 17.1. The number of hydrogen-bond donors (Lipinski definition) is 1. The standard InChI is InChI=1S/C15H12ClF3N2.ClH/c16-12-3-2-9(15(17,18)19)5-11(12)14-4-1-8(7-21-14)10-6-13(10)20;/h1-5,7,10,13H,6,20H2;1H/t10-,13+;/m0./s1. The van der Waals surface area contributed by atoms with Gasteiger partial charge < -0.3 is 5.73 Å². The largest absolute Gasteiger partial charge is 0.416 e. The van der Waals surface area contributed by atoms with Crippen LogP contribution in [0.15, 0.2) is 36.5 Å². The fourth-order valence-electron chi connectivity index (χ4n) is 2.28. The van der Waals surface area contributed by atoms with Gasteiger partial charge in [0.15, 0.2) is 0 Å². The smallest absolute Gasteiger partial charge is 0.327 e. The molecule has 2 atom stereocenters. The van der Waals surface area contributed by atoms with Gasteiger partial charge in [0.1, 0.15) is 0 Å². The molecule has 2 N–H and O–H groups in total. The molecule has 0 radical (unpaired) electrons. The lowest BCUT2D eigenvalue weighted by Gasteiger charge is -2.10. The van der Waals surface area contributed by atoms with Crippen molar-refractivity contribution in [2.24, 2.45) is 5.73 Å². The SMILES string of the molecule is Cl.N[C@@H]1C[C@H]1c1ccc(-c2cc(C(F)(F)F)ccc2Cl)nc1. The molecule has 0 aliphatic heterocycles. The van der Waals surface area contributed by atoms with Crippen LogP contribution in [0.5, 0.6) is 0 Å². The predicted molar refractivity (Wildman–Crippen MR) is 82.3 cm³/mol. The third kappa shape index (κ3) is 3.37. The average molecular weight is 349 g/mol. The van der Waals surface area contributed by atoms with Crippen LogP contribution < -0.4 is 5.73 Å². The third-order valence-electron chi connectivity index (χ3n) is 3.62. The highest BCUT2D eigenvalue weighted by molar-refractivity contribution is 6.33. The maximum Gasteiger partial charge on any atom is 0.416 e. The van der Waals surface area contributed by atoms with Gasteiger partial charge in [-0.2, -0.15) is 13.2 Å². The van der Waals surface area contributed by atoms with Crippen LogP contribution in [-0.2, 0) is 6.18 Å². The van der Waals surface area contributed by atoms with E-state index in [-0.39, 0.29) is 29.0 Å². The second-order valence-corrected chi connectivity index (χ2v) is 5.58. The minimum Gasteiger partial charge on any atom is -0.327 e. The Morgan fingerprint density at radius 1 is 1.18 bits per heavy atom. The van der Waals surface area contributed by atoms with Crippen LogP contribution in [0, 0.1) is 0 Å². The van der Waals surface area contributed by atoms with Gasteiger partial charge in [-0.1, -0.05) is 17.7 Å². The van der Waals surface area contributed by atoms with Crippen molar-refractivity contribution in [1.29, 1.82) is 0 Å². The van der Waals surface area contributed by atoms with Crippen molar-refractivity contribution < 1.29 is 13.2 Å². The summed E-state index contributed by atoms with van der Waals surface area (Å²) in [5.41, 5.74) is 6.73. The Morgan fingerprint density at radius 3 is 2.36 bits per heavy atom. The van der Waals surface area contributed by atoms with E-state index in [4.69, 9.17) is 17.3 Å². The molecule has 1 fully saturated rings. The Hall–Kier alpha value is -1.30. The van der Waals surface area contributed by atoms with Crippen molar-refractivity contribution in [1.82, 2.24) is 4.98 Å². The highest BCUT2D eigenvalue weighted by Crippen LogP contribution is 2.40. The molecule has 0 spiro atoms. The van der Waals surface area contributed by atoms with Gasteiger partial charge in [-0.05, 0) is 36.2 Å². The van der Waals surface area contributed by atoms with E-state index in [1.54, 1.807) is 12.3 Å². The van der Waals surface area contributed by atoms with Gasteiger partial charge in [-0.25, -0.2) is 0 Å². The van der Waals surface area contributed by atoms with E-state index in [0.29, 0.717) is 11.6 Å². The third-order valence-corrected chi connectivity index (χ3v) is 3.95. The lowest BCUT2D eigenvalue weighted by molar-refractivity contribution is -0.137. The molecule has 1 aromatic heterocycles. The van der Waals surface area contributed by atoms with Gasteiger partial charge in [0, 0.05) is 28.7 Å². The summed E-state index contributed by atoms with van der Waals surface area (Å²) in [6.45, 7) is 0. The fraction of sp³-hybridized carbons (Fsp3) is 0.267. The normalized spacial score (nSPS) is 20.4. The molecule has 7 heteroatoms. The van der Waals surface area contributed by atoms with E-state index in [1.165, 1.54) is 6.07 Å². The van der Waals surface area contributed by atoms with Gasteiger partial charge >= 0.3 is 6.18 Å². The molecule has 3 rings (SSSR count). The molecule has 2 nitrogen and oxygen atoms in total. The van der Waals surface area contributed by atoms with E-state index < -0.39 is 11.7 Å². The quantitative estimate of drug-likeness (QED) is 0.857. The maximum absolute atomic E-state index is 12.8. The first-order chi connectivity index (χ1) is 9.86. The molecule has 118 valence electrons. The van der Waals surface area contributed by atoms with Crippen molar-refractivity contribution in [3.63, 3.8) is 0 Å². The van der Waals surface area contributed by atoms with Crippen molar-refractivity contribution in [3.8, 4) is 11.3 Å². The lowest BCUT2D eigenvalue weighted by atomic mass is 10.1. The van der Waals surface area contributed by atoms with Crippen LogP contribution in [0.25, 0.3) is 11.3 Å². The molecule has 0 saturated heterocycles. The minimum atomic E-state index is -4.40. The predicted octanol–water partition coefficient (Wildman–Crippen LogP) is 4.66. The van der Waals surface area contributed by atoms with E-state index in [0.717, 1.165) is 24.1 Å². The number of halogens is 5. The van der Waals surface area contributed by atoms with Gasteiger partial charge in [0.2, 0.25) is 0 Å². The summed E-state index contributed by atoms with van der Waals surface area (Å²) in [6.07, 6.45) is -1.82. The van der Waals surface area contributed by atoms with Crippen LogP contribution in [0.1, 0.15) is 23.5 Å².